The van der Waals surface area contributed by atoms with Crippen LogP contribution in [0.2, 0.25) is 0 Å². The van der Waals surface area contributed by atoms with E-state index in [1.165, 1.54) is 0 Å². The van der Waals surface area contributed by atoms with Crippen molar-refractivity contribution in [2.75, 3.05) is 38.2 Å². The van der Waals surface area contributed by atoms with E-state index in [2.05, 4.69) is 21.2 Å². The maximum Gasteiger partial charge on any atom is 0.263 e. The van der Waals surface area contributed by atoms with Crippen molar-refractivity contribution in [3.63, 3.8) is 0 Å². The van der Waals surface area contributed by atoms with Gasteiger partial charge in [0.05, 0.1) is 30.2 Å². The Hall–Kier alpha value is -4.66. The third kappa shape index (κ3) is 4.71. The fourth-order valence-corrected chi connectivity index (χ4v) is 5.35. The van der Waals surface area contributed by atoms with Gasteiger partial charge in [-0.25, -0.2) is 0 Å². The number of carbonyl (C=O) groups is 1. The molecule has 1 saturated heterocycles. The van der Waals surface area contributed by atoms with Gasteiger partial charge in [-0.15, -0.1) is 10.2 Å². The molecule has 0 unspecified atom stereocenters. The lowest BCUT2D eigenvalue weighted by molar-refractivity contribution is -0.131. The number of aromatic nitrogens is 4. The van der Waals surface area contributed by atoms with Gasteiger partial charge in [-0.05, 0) is 29.8 Å². The molecule has 3 heterocycles. The molecule has 0 radical (unpaired) electrons. The number of hydrogen-bond donors (Lipinski definition) is 0. The second-order valence-electron chi connectivity index (χ2n) is 9.69. The molecule has 0 bridgehead atoms. The Bertz CT molecular complexity index is 1690. The molecule has 0 saturated carbocycles. The van der Waals surface area contributed by atoms with E-state index in [4.69, 9.17) is 4.74 Å². The number of anilines is 1. The quantitative estimate of drug-likeness (QED) is 0.326. The lowest BCUT2D eigenvalue weighted by Gasteiger charge is -2.36. The summed E-state index contributed by atoms with van der Waals surface area (Å²) >= 11 is 0. The summed E-state index contributed by atoms with van der Waals surface area (Å²) in [6.45, 7) is 3.18. The third-order valence-electron chi connectivity index (χ3n) is 7.38. The van der Waals surface area contributed by atoms with Crippen molar-refractivity contribution in [3.8, 4) is 5.75 Å². The number of methoxy groups -OCH3 is 1. The van der Waals surface area contributed by atoms with Crippen LogP contribution >= 0.6 is 0 Å². The minimum absolute atomic E-state index is 0.0911. The monoisotopic (exact) mass is 522 g/mol. The molecule has 1 aliphatic rings. The number of para-hydroxylation sites is 3. The van der Waals surface area contributed by atoms with Crippen molar-refractivity contribution in [2.45, 2.75) is 19.4 Å². The molecule has 6 rings (SSSR count). The number of hydrogen-bond acceptors (Lipinski definition) is 6. The van der Waals surface area contributed by atoms with E-state index in [0.29, 0.717) is 49.5 Å². The van der Waals surface area contributed by atoms with Crippen molar-refractivity contribution in [2.24, 2.45) is 0 Å². The number of benzene rings is 3. The molecule has 5 aromatic rings. The number of ether oxygens (including phenoxy) is 1. The first-order valence-corrected chi connectivity index (χ1v) is 13.2. The molecule has 3 aromatic carbocycles. The van der Waals surface area contributed by atoms with Crippen molar-refractivity contribution >= 4 is 28.3 Å². The second kappa shape index (κ2) is 10.6. The highest BCUT2D eigenvalue weighted by Gasteiger charge is 2.24. The molecule has 1 fully saturated rings. The van der Waals surface area contributed by atoms with Crippen LogP contribution in [0.25, 0.3) is 16.7 Å². The van der Waals surface area contributed by atoms with Gasteiger partial charge in [0.15, 0.2) is 0 Å². The van der Waals surface area contributed by atoms with Crippen LogP contribution in [0.3, 0.4) is 0 Å². The van der Waals surface area contributed by atoms with Crippen molar-refractivity contribution in [1.29, 1.82) is 0 Å². The van der Waals surface area contributed by atoms with E-state index in [-0.39, 0.29) is 11.5 Å². The Labute approximate surface area is 225 Å². The maximum absolute atomic E-state index is 13.4. The summed E-state index contributed by atoms with van der Waals surface area (Å²) in [5.41, 5.74) is 2.70. The predicted molar refractivity (Wildman–Crippen MR) is 150 cm³/mol. The van der Waals surface area contributed by atoms with Crippen LogP contribution in [0.4, 0.5) is 5.69 Å². The summed E-state index contributed by atoms with van der Waals surface area (Å²) in [5, 5.41) is 9.44. The molecule has 9 nitrogen and oxygen atoms in total. The molecule has 1 amide bonds. The number of amides is 1. The normalized spacial score (nSPS) is 13.8. The summed E-state index contributed by atoms with van der Waals surface area (Å²) in [4.78, 5) is 30.8. The van der Waals surface area contributed by atoms with Gasteiger partial charge in [-0.1, -0.05) is 54.6 Å². The zero-order chi connectivity index (χ0) is 26.8. The summed E-state index contributed by atoms with van der Waals surface area (Å²) < 4.78 is 9.09. The SMILES string of the molecule is COc1ccccc1N1CCN(C(=O)CCc2nnc3n(Cc4ccccc4)c(=O)c4ccccc4n23)CC1. The Kier molecular flexibility index (Phi) is 6.71. The van der Waals surface area contributed by atoms with Gasteiger partial charge in [-0.2, -0.15) is 0 Å². The first kappa shape index (κ1) is 24.7. The van der Waals surface area contributed by atoms with E-state index >= 15 is 0 Å². The van der Waals surface area contributed by atoms with Crippen molar-refractivity contribution in [1.82, 2.24) is 24.1 Å². The lowest BCUT2D eigenvalue weighted by atomic mass is 10.2. The Balaban J connectivity index is 1.21. The largest absolute Gasteiger partial charge is 0.495 e. The van der Waals surface area contributed by atoms with Crippen LogP contribution in [0.15, 0.2) is 83.7 Å². The molecule has 1 aliphatic heterocycles. The fraction of sp³-hybridized carbons (Fsp3) is 0.267. The van der Waals surface area contributed by atoms with Crippen LogP contribution in [0, 0.1) is 0 Å². The van der Waals surface area contributed by atoms with Crippen molar-refractivity contribution in [3.05, 3.63) is 101 Å². The second-order valence-corrected chi connectivity index (χ2v) is 9.69. The third-order valence-corrected chi connectivity index (χ3v) is 7.38. The van der Waals surface area contributed by atoms with E-state index in [1.807, 2.05) is 82.1 Å². The van der Waals surface area contributed by atoms with Crippen molar-refractivity contribution < 1.29 is 9.53 Å². The summed E-state index contributed by atoms with van der Waals surface area (Å²) in [7, 11) is 1.68. The van der Waals surface area contributed by atoms with Gasteiger partial charge in [-0.3, -0.25) is 18.6 Å². The molecule has 198 valence electrons. The first-order valence-electron chi connectivity index (χ1n) is 13.2. The molecule has 39 heavy (non-hydrogen) atoms. The highest BCUT2D eigenvalue weighted by molar-refractivity contribution is 5.81. The van der Waals surface area contributed by atoms with Crippen LogP contribution in [0.1, 0.15) is 17.8 Å². The number of piperazine rings is 1. The van der Waals surface area contributed by atoms with E-state index in [1.54, 1.807) is 11.7 Å². The van der Waals surface area contributed by atoms with E-state index < -0.39 is 0 Å². The van der Waals surface area contributed by atoms with E-state index in [0.717, 1.165) is 35.6 Å². The minimum atomic E-state index is -0.107. The number of nitrogens with zero attached hydrogens (tertiary/aromatic N) is 6. The van der Waals surface area contributed by atoms with Gasteiger partial charge in [0.25, 0.3) is 5.56 Å². The highest BCUT2D eigenvalue weighted by Crippen LogP contribution is 2.28. The molecule has 0 aliphatic carbocycles. The van der Waals surface area contributed by atoms with Gasteiger partial charge in [0.2, 0.25) is 11.7 Å². The van der Waals surface area contributed by atoms with Gasteiger partial charge in [0, 0.05) is 39.0 Å². The van der Waals surface area contributed by atoms with Gasteiger partial charge in [0.1, 0.15) is 11.6 Å². The van der Waals surface area contributed by atoms with Crippen LogP contribution in [-0.2, 0) is 17.8 Å². The minimum Gasteiger partial charge on any atom is -0.495 e. The molecule has 2 aromatic heterocycles. The van der Waals surface area contributed by atoms with Crippen LogP contribution in [0.5, 0.6) is 5.75 Å². The van der Waals surface area contributed by atoms with Gasteiger partial charge < -0.3 is 14.5 Å². The zero-order valence-electron chi connectivity index (χ0n) is 21.9. The maximum atomic E-state index is 13.4. The Morgan fingerprint density at radius 3 is 2.38 bits per heavy atom. The number of fused-ring (bicyclic) bond motifs is 3. The number of carbonyl (C=O) groups excluding carboxylic acids is 1. The Morgan fingerprint density at radius 2 is 1.59 bits per heavy atom. The van der Waals surface area contributed by atoms with Gasteiger partial charge >= 0.3 is 0 Å². The smallest absolute Gasteiger partial charge is 0.263 e. The zero-order valence-corrected chi connectivity index (χ0v) is 21.9. The number of aryl methyl sites for hydroxylation is 1. The summed E-state index contributed by atoms with van der Waals surface area (Å²) in [5.74, 6) is 2.08. The average Bonchev–Trinajstić information content (AvgIpc) is 3.42. The predicted octanol–water partition coefficient (Wildman–Crippen LogP) is 3.38. The van der Waals surface area contributed by atoms with Crippen LogP contribution in [-0.4, -0.2) is 63.3 Å². The van der Waals surface area contributed by atoms with Crippen LogP contribution < -0.4 is 15.2 Å². The molecule has 9 heteroatoms. The standard InChI is InChI=1S/C30H30N6O3/c1-39-26-14-8-7-13-25(26)33-17-19-34(20-18-33)28(37)16-15-27-31-32-30-35(21-22-9-3-2-4-10-22)29(38)23-11-5-6-12-24(23)36(27)30/h2-14H,15-21H2,1H3. The fourth-order valence-electron chi connectivity index (χ4n) is 5.35. The lowest BCUT2D eigenvalue weighted by Crippen LogP contribution is -2.49. The molecular weight excluding hydrogens is 492 g/mol. The Morgan fingerprint density at radius 1 is 0.872 bits per heavy atom. The summed E-state index contributed by atoms with van der Waals surface area (Å²) in [6.07, 6.45) is 0.752. The summed E-state index contributed by atoms with van der Waals surface area (Å²) in [6, 6.07) is 25.3. The van der Waals surface area contributed by atoms with E-state index in [9.17, 15) is 9.59 Å². The average molecular weight is 523 g/mol. The highest BCUT2D eigenvalue weighted by atomic mass is 16.5. The molecule has 0 spiro atoms. The molecule has 0 atom stereocenters. The molecular formula is C30H30N6O3. The topological polar surface area (TPSA) is 85.0 Å². The number of rotatable bonds is 7. The molecule has 0 N–H and O–H groups in total. The first-order chi connectivity index (χ1) is 19.1.